The summed E-state index contributed by atoms with van der Waals surface area (Å²) in [5.41, 5.74) is 2.81. The molecule has 1 aromatic heterocycles. The number of hydroxylamine groups is 1. The molecule has 0 saturated heterocycles. The van der Waals surface area contributed by atoms with E-state index < -0.39 is 11.8 Å². The van der Waals surface area contributed by atoms with Gasteiger partial charge in [0.05, 0.1) is 12.7 Å². The van der Waals surface area contributed by atoms with Gasteiger partial charge in [-0.15, -0.1) is 0 Å². The number of hydrogen-bond donors (Lipinski definition) is 1. The van der Waals surface area contributed by atoms with Gasteiger partial charge in [0, 0.05) is 6.20 Å². The van der Waals surface area contributed by atoms with E-state index in [2.05, 4.69) is 4.98 Å². The van der Waals surface area contributed by atoms with E-state index in [1.54, 1.807) is 43.6 Å². The molecule has 1 amide bonds. The van der Waals surface area contributed by atoms with E-state index in [0.29, 0.717) is 17.0 Å². The SMILES string of the molecule is COc1ccc(CCc2cnc3c(c2)C(=O)C(c2ccccc2)C(=O)N3O)cc1. The van der Waals surface area contributed by atoms with Gasteiger partial charge in [-0.2, -0.15) is 5.06 Å². The van der Waals surface area contributed by atoms with Gasteiger partial charge in [-0.05, 0) is 47.7 Å². The lowest BCUT2D eigenvalue weighted by atomic mass is 9.86. The molecule has 0 aliphatic carbocycles. The average Bonchev–Trinajstić information content (AvgIpc) is 2.77. The van der Waals surface area contributed by atoms with Gasteiger partial charge in [0.15, 0.2) is 11.6 Å². The summed E-state index contributed by atoms with van der Waals surface area (Å²) >= 11 is 0. The topological polar surface area (TPSA) is 79.7 Å². The number of rotatable bonds is 5. The molecule has 1 N–H and O–H groups in total. The predicted molar refractivity (Wildman–Crippen MR) is 107 cm³/mol. The first-order valence-corrected chi connectivity index (χ1v) is 9.32. The monoisotopic (exact) mass is 388 g/mol. The number of Topliss-reactive ketones (excluding diaryl/α,β-unsaturated/α-hetero) is 1. The molecule has 1 atom stereocenters. The highest BCUT2D eigenvalue weighted by Crippen LogP contribution is 2.33. The molecule has 6 heteroatoms. The molecule has 0 fully saturated rings. The molecular weight excluding hydrogens is 368 g/mol. The molecule has 0 bridgehead atoms. The quantitative estimate of drug-likeness (QED) is 0.534. The third-order valence-corrected chi connectivity index (χ3v) is 5.10. The number of aromatic nitrogens is 1. The molecule has 29 heavy (non-hydrogen) atoms. The summed E-state index contributed by atoms with van der Waals surface area (Å²) in [5, 5.41) is 10.8. The Hall–Kier alpha value is -3.51. The number of ketones is 1. The van der Waals surface area contributed by atoms with Crippen molar-refractivity contribution in [1.29, 1.82) is 0 Å². The standard InChI is InChI=1S/C23H20N2O4/c1-29-18-11-9-15(10-12-18)7-8-16-13-19-21(26)20(17-5-3-2-4-6-17)23(27)25(28)22(19)24-14-16/h2-6,9-14,20,28H,7-8H2,1H3. The second-order valence-corrected chi connectivity index (χ2v) is 6.92. The van der Waals surface area contributed by atoms with Crippen molar-refractivity contribution < 1.29 is 19.5 Å². The van der Waals surface area contributed by atoms with Crippen LogP contribution in [0.1, 0.15) is 33.0 Å². The molecule has 2 aromatic carbocycles. The van der Waals surface area contributed by atoms with E-state index in [0.717, 1.165) is 23.3 Å². The Morgan fingerprint density at radius 2 is 1.69 bits per heavy atom. The third kappa shape index (κ3) is 3.62. The molecule has 1 aliphatic rings. The number of carbonyl (C=O) groups excluding carboxylic acids is 2. The predicted octanol–water partition coefficient (Wildman–Crippen LogP) is 3.58. The van der Waals surface area contributed by atoms with Gasteiger partial charge in [-0.3, -0.25) is 14.8 Å². The van der Waals surface area contributed by atoms with Crippen LogP contribution in [0.3, 0.4) is 0 Å². The molecule has 2 heterocycles. The number of benzene rings is 2. The first-order valence-electron chi connectivity index (χ1n) is 9.32. The van der Waals surface area contributed by atoms with E-state index in [4.69, 9.17) is 4.74 Å². The molecule has 1 unspecified atom stereocenters. The largest absolute Gasteiger partial charge is 0.497 e. The number of hydrogen-bond acceptors (Lipinski definition) is 5. The minimum Gasteiger partial charge on any atom is -0.497 e. The fourth-order valence-electron chi connectivity index (χ4n) is 3.50. The van der Waals surface area contributed by atoms with Gasteiger partial charge in [0.1, 0.15) is 11.7 Å². The van der Waals surface area contributed by atoms with Crippen LogP contribution in [-0.4, -0.2) is 29.0 Å². The number of amides is 1. The summed E-state index contributed by atoms with van der Waals surface area (Å²) in [4.78, 5) is 29.8. The number of nitrogens with zero attached hydrogens (tertiary/aromatic N) is 2. The summed E-state index contributed by atoms with van der Waals surface area (Å²) in [5.74, 6) is -1.31. The number of ether oxygens (including phenoxy) is 1. The Kier molecular flexibility index (Phi) is 5.10. The Labute approximate surface area is 168 Å². The zero-order chi connectivity index (χ0) is 20.4. The van der Waals surface area contributed by atoms with Gasteiger partial charge in [-0.1, -0.05) is 42.5 Å². The lowest BCUT2D eigenvalue weighted by molar-refractivity contribution is -0.124. The number of carbonyl (C=O) groups is 2. The third-order valence-electron chi connectivity index (χ3n) is 5.10. The van der Waals surface area contributed by atoms with Crippen LogP contribution in [0, 0.1) is 0 Å². The average molecular weight is 388 g/mol. The molecule has 0 radical (unpaired) electrons. The zero-order valence-corrected chi connectivity index (χ0v) is 15.9. The van der Waals surface area contributed by atoms with Crippen molar-refractivity contribution in [2.75, 3.05) is 12.2 Å². The maximum atomic E-state index is 13.1. The van der Waals surface area contributed by atoms with Crippen LogP contribution in [0.15, 0.2) is 66.9 Å². The summed E-state index contributed by atoms with van der Waals surface area (Å²) in [6, 6.07) is 18.3. The Bertz CT molecular complexity index is 1050. The van der Waals surface area contributed by atoms with Crippen LogP contribution in [0.2, 0.25) is 0 Å². The lowest BCUT2D eigenvalue weighted by Gasteiger charge is -2.28. The molecule has 1 aliphatic heterocycles. The summed E-state index contributed by atoms with van der Waals surface area (Å²) in [6.45, 7) is 0. The van der Waals surface area contributed by atoms with Crippen LogP contribution in [0.25, 0.3) is 0 Å². The molecule has 3 aromatic rings. The van der Waals surface area contributed by atoms with Crippen LogP contribution >= 0.6 is 0 Å². The van der Waals surface area contributed by atoms with Gasteiger partial charge >= 0.3 is 0 Å². The van der Waals surface area contributed by atoms with E-state index >= 15 is 0 Å². The van der Waals surface area contributed by atoms with Gasteiger partial charge in [-0.25, -0.2) is 4.98 Å². The van der Waals surface area contributed by atoms with Gasteiger partial charge in [0.2, 0.25) is 0 Å². The van der Waals surface area contributed by atoms with Gasteiger partial charge in [0.25, 0.3) is 5.91 Å². The van der Waals surface area contributed by atoms with Crippen molar-refractivity contribution in [2.24, 2.45) is 0 Å². The molecule has 4 rings (SSSR count). The molecule has 0 saturated carbocycles. The summed E-state index contributed by atoms with van der Waals surface area (Å²) < 4.78 is 5.17. The normalized spacial score (nSPS) is 15.9. The highest BCUT2D eigenvalue weighted by Gasteiger charge is 2.41. The van der Waals surface area contributed by atoms with Crippen LogP contribution in [0.5, 0.6) is 5.75 Å². The number of aryl methyl sites for hydroxylation is 2. The number of fused-ring (bicyclic) bond motifs is 1. The highest BCUT2D eigenvalue weighted by atomic mass is 16.5. The summed E-state index contributed by atoms with van der Waals surface area (Å²) in [6.07, 6.45) is 3.03. The Balaban J connectivity index is 1.59. The molecule has 6 nitrogen and oxygen atoms in total. The van der Waals surface area contributed by atoms with E-state index in [1.165, 1.54) is 0 Å². The number of pyridine rings is 1. The second kappa shape index (κ2) is 7.85. The van der Waals surface area contributed by atoms with Crippen molar-refractivity contribution in [2.45, 2.75) is 18.8 Å². The van der Waals surface area contributed by atoms with Crippen LogP contribution in [-0.2, 0) is 17.6 Å². The molecule has 146 valence electrons. The maximum Gasteiger partial charge on any atom is 0.267 e. The highest BCUT2D eigenvalue weighted by molar-refractivity contribution is 6.23. The van der Waals surface area contributed by atoms with Crippen molar-refractivity contribution in [3.63, 3.8) is 0 Å². The smallest absolute Gasteiger partial charge is 0.267 e. The van der Waals surface area contributed by atoms with Gasteiger partial charge < -0.3 is 4.74 Å². The Morgan fingerprint density at radius 1 is 1.00 bits per heavy atom. The zero-order valence-electron chi connectivity index (χ0n) is 15.9. The number of methoxy groups -OCH3 is 1. The second-order valence-electron chi connectivity index (χ2n) is 6.92. The first kappa shape index (κ1) is 18.8. The molecule has 0 spiro atoms. The fraction of sp³-hybridized carbons (Fsp3) is 0.174. The van der Waals surface area contributed by atoms with Crippen LogP contribution in [0.4, 0.5) is 5.82 Å². The van der Waals surface area contributed by atoms with E-state index in [-0.39, 0.29) is 17.2 Å². The number of anilines is 1. The Morgan fingerprint density at radius 3 is 2.38 bits per heavy atom. The van der Waals surface area contributed by atoms with E-state index in [1.807, 2.05) is 30.3 Å². The van der Waals surface area contributed by atoms with Crippen molar-refractivity contribution >= 4 is 17.5 Å². The lowest BCUT2D eigenvalue weighted by Crippen LogP contribution is -2.42. The van der Waals surface area contributed by atoms with Crippen molar-refractivity contribution in [1.82, 2.24) is 4.98 Å². The minimum absolute atomic E-state index is 0.0135. The fourth-order valence-corrected chi connectivity index (χ4v) is 3.50. The molecular formula is C23H20N2O4. The van der Waals surface area contributed by atoms with Crippen molar-refractivity contribution in [3.8, 4) is 5.75 Å². The van der Waals surface area contributed by atoms with E-state index in [9.17, 15) is 14.8 Å². The van der Waals surface area contributed by atoms with Crippen molar-refractivity contribution in [3.05, 3.63) is 89.1 Å². The summed E-state index contributed by atoms with van der Waals surface area (Å²) in [7, 11) is 1.63. The van der Waals surface area contributed by atoms with Crippen LogP contribution < -0.4 is 9.80 Å². The maximum absolute atomic E-state index is 13.1. The minimum atomic E-state index is -1.06. The first-order chi connectivity index (χ1) is 14.1.